The minimum Gasteiger partial charge on any atom is -0.356 e. The van der Waals surface area contributed by atoms with E-state index in [0.717, 1.165) is 36.5 Å². The van der Waals surface area contributed by atoms with Crippen molar-refractivity contribution >= 4 is 11.9 Å². The third-order valence-corrected chi connectivity index (χ3v) is 4.23. The summed E-state index contributed by atoms with van der Waals surface area (Å²) in [5.41, 5.74) is 7.91. The second kappa shape index (κ2) is 6.84. The molecule has 1 aliphatic rings. The first kappa shape index (κ1) is 15.0. The standard InChI is InChI=1S/C16H26N4/c1-4-5-6-7-15-12(2)18-11-19-16(15)20(3)14-8-13(9-14)10-17/h6-7,11,13-14H,4-5,8-10,17H2,1-3H3/b7-6-. The maximum Gasteiger partial charge on any atom is 0.139 e. The molecular formula is C16H26N4. The molecule has 20 heavy (non-hydrogen) atoms. The smallest absolute Gasteiger partial charge is 0.139 e. The van der Waals surface area contributed by atoms with E-state index in [1.807, 2.05) is 6.92 Å². The van der Waals surface area contributed by atoms with E-state index >= 15 is 0 Å². The fourth-order valence-electron chi connectivity index (χ4n) is 2.70. The summed E-state index contributed by atoms with van der Waals surface area (Å²) in [5, 5.41) is 0. The predicted molar refractivity (Wildman–Crippen MR) is 84.7 cm³/mol. The Hall–Kier alpha value is -1.42. The predicted octanol–water partition coefficient (Wildman–Crippen LogP) is 2.77. The molecule has 1 fully saturated rings. The molecular weight excluding hydrogens is 248 g/mol. The van der Waals surface area contributed by atoms with Crippen LogP contribution in [0.3, 0.4) is 0 Å². The highest BCUT2D eigenvalue weighted by Gasteiger charge is 2.32. The highest BCUT2D eigenvalue weighted by atomic mass is 15.2. The molecule has 110 valence electrons. The third kappa shape index (κ3) is 3.18. The normalized spacial score (nSPS) is 22.0. The van der Waals surface area contributed by atoms with Gasteiger partial charge in [-0.05, 0) is 38.6 Å². The molecule has 0 unspecified atom stereocenters. The topological polar surface area (TPSA) is 55.0 Å². The summed E-state index contributed by atoms with van der Waals surface area (Å²) in [5.74, 6) is 1.73. The quantitative estimate of drug-likeness (QED) is 0.866. The SMILES string of the molecule is CCC/C=C\c1c(C)ncnc1N(C)C1CC(CN)C1. The first-order valence-electron chi connectivity index (χ1n) is 7.58. The molecule has 2 rings (SSSR count). The number of hydrogen-bond donors (Lipinski definition) is 1. The van der Waals surface area contributed by atoms with Gasteiger partial charge < -0.3 is 10.6 Å². The van der Waals surface area contributed by atoms with Crippen LogP contribution in [0.2, 0.25) is 0 Å². The van der Waals surface area contributed by atoms with Gasteiger partial charge in [-0.1, -0.05) is 25.5 Å². The number of allylic oxidation sites excluding steroid dienone is 1. The molecule has 0 spiro atoms. The van der Waals surface area contributed by atoms with E-state index in [0.29, 0.717) is 12.0 Å². The van der Waals surface area contributed by atoms with Crippen LogP contribution in [0.15, 0.2) is 12.4 Å². The molecule has 1 heterocycles. The van der Waals surface area contributed by atoms with Crippen molar-refractivity contribution in [3.63, 3.8) is 0 Å². The Morgan fingerprint density at radius 1 is 1.40 bits per heavy atom. The molecule has 0 radical (unpaired) electrons. The van der Waals surface area contributed by atoms with Gasteiger partial charge in [0.2, 0.25) is 0 Å². The summed E-state index contributed by atoms with van der Waals surface area (Å²) >= 11 is 0. The summed E-state index contributed by atoms with van der Waals surface area (Å²) in [6.07, 6.45) is 10.7. The lowest BCUT2D eigenvalue weighted by Crippen LogP contribution is -2.45. The number of anilines is 1. The zero-order valence-corrected chi connectivity index (χ0v) is 12.8. The fourth-order valence-corrected chi connectivity index (χ4v) is 2.70. The summed E-state index contributed by atoms with van der Waals surface area (Å²) < 4.78 is 0. The molecule has 1 aliphatic carbocycles. The van der Waals surface area contributed by atoms with Crippen molar-refractivity contribution in [1.82, 2.24) is 9.97 Å². The molecule has 0 aliphatic heterocycles. The average molecular weight is 274 g/mol. The molecule has 0 bridgehead atoms. The van der Waals surface area contributed by atoms with Gasteiger partial charge in [-0.2, -0.15) is 0 Å². The first-order chi connectivity index (χ1) is 9.67. The average Bonchev–Trinajstić information content (AvgIpc) is 2.39. The fraction of sp³-hybridized carbons (Fsp3) is 0.625. The van der Waals surface area contributed by atoms with Crippen LogP contribution in [0, 0.1) is 12.8 Å². The minimum atomic E-state index is 0.566. The Balaban J connectivity index is 2.16. The summed E-state index contributed by atoms with van der Waals surface area (Å²) in [4.78, 5) is 11.1. The Morgan fingerprint density at radius 3 is 2.80 bits per heavy atom. The van der Waals surface area contributed by atoms with Gasteiger partial charge in [-0.25, -0.2) is 9.97 Å². The number of unbranched alkanes of at least 4 members (excludes halogenated alkanes) is 1. The number of nitrogens with two attached hydrogens (primary N) is 1. The minimum absolute atomic E-state index is 0.566. The Bertz CT molecular complexity index is 464. The van der Waals surface area contributed by atoms with Crippen LogP contribution in [-0.2, 0) is 0 Å². The van der Waals surface area contributed by atoms with E-state index < -0.39 is 0 Å². The Labute approximate surface area is 122 Å². The van der Waals surface area contributed by atoms with Crippen molar-refractivity contribution in [3.05, 3.63) is 23.7 Å². The number of hydrogen-bond acceptors (Lipinski definition) is 4. The van der Waals surface area contributed by atoms with Gasteiger partial charge >= 0.3 is 0 Å². The molecule has 1 aromatic heterocycles. The van der Waals surface area contributed by atoms with Crippen molar-refractivity contribution < 1.29 is 0 Å². The molecule has 0 aromatic carbocycles. The zero-order valence-electron chi connectivity index (χ0n) is 12.8. The maximum absolute atomic E-state index is 5.71. The van der Waals surface area contributed by atoms with Gasteiger partial charge in [-0.3, -0.25) is 0 Å². The number of aromatic nitrogens is 2. The van der Waals surface area contributed by atoms with Gasteiger partial charge in [0.25, 0.3) is 0 Å². The second-order valence-corrected chi connectivity index (χ2v) is 5.73. The van der Waals surface area contributed by atoms with Crippen LogP contribution in [0.4, 0.5) is 5.82 Å². The molecule has 0 atom stereocenters. The first-order valence-corrected chi connectivity index (χ1v) is 7.58. The molecule has 1 aromatic rings. The van der Waals surface area contributed by atoms with E-state index in [1.54, 1.807) is 6.33 Å². The summed E-state index contributed by atoms with van der Waals surface area (Å²) in [6.45, 7) is 5.04. The van der Waals surface area contributed by atoms with Crippen LogP contribution in [0.1, 0.15) is 43.9 Å². The summed E-state index contributed by atoms with van der Waals surface area (Å²) in [6, 6.07) is 0.566. The van der Waals surface area contributed by atoms with Gasteiger partial charge in [-0.15, -0.1) is 0 Å². The monoisotopic (exact) mass is 274 g/mol. The maximum atomic E-state index is 5.71. The molecule has 4 nitrogen and oxygen atoms in total. The lowest BCUT2D eigenvalue weighted by atomic mass is 9.79. The van der Waals surface area contributed by atoms with Crippen LogP contribution in [0.5, 0.6) is 0 Å². The van der Waals surface area contributed by atoms with Gasteiger partial charge in [0.15, 0.2) is 0 Å². The van der Waals surface area contributed by atoms with Crippen LogP contribution < -0.4 is 10.6 Å². The highest BCUT2D eigenvalue weighted by Crippen LogP contribution is 2.34. The van der Waals surface area contributed by atoms with E-state index in [9.17, 15) is 0 Å². The molecule has 2 N–H and O–H groups in total. The van der Waals surface area contributed by atoms with Crippen molar-refractivity contribution in [1.29, 1.82) is 0 Å². The van der Waals surface area contributed by atoms with E-state index in [1.165, 1.54) is 12.8 Å². The number of nitrogens with zero attached hydrogens (tertiary/aromatic N) is 3. The lowest BCUT2D eigenvalue weighted by Gasteiger charge is -2.41. The molecule has 1 saturated carbocycles. The van der Waals surface area contributed by atoms with Gasteiger partial charge in [0.1, 0.15) is 12.1 Å². The van der Waals surface area contributed by atoms with E-state index in [2.05, 4.69) is 41.0 Å². The van der Waals surface area contributed by atoms with Crippen LogP contribution in [0.25, 0.3) is 6.08 Å². The van der Waals surface area contributed by atoms with Gasteiger partial charge in [0, 0.05) is 18.7 Å². The number of aryl methyl sites for hydroxylation is 1. The zero-order chi connectivity index (χ0) is 14.5. The van der Waals surface area contributed by atoms with Crippen molar-refractivity contribution in [2.75, 3.05) is 18.5 Å². The van der Waals surface area contributed by atoms with Gasteiger partial charge in [0.05, 0.1) is 5.69 Å². The Morgan fingerprint density at radius 2 is 2.15 bits per heavy atom. The van der Waals surface area contributed by atoms with E-state index in [-0.39, 0.29) is 0 Å². The highest BCUT2D eigenvalue weighted by molar-refractivity contribution is 5.65. The molecule has 0 amide bonds. The largest absolute Gasteiger partial charge is 0.356 e. The summed E-state index contributed by atoms with van der Waals surface area (Å²) in [7, 11) is 2.14. The second-order valence-electron chi connectivity index (χ2n) is 5.73. The third-order valence-electron chi connectivity index (χ3n) is 4.23. The Kier molecular flexibility index (Phi) is 5.12. The van der Waals surface area contributed by atoms with Crippen LogP contribution in [-0.4, -0.2) is 29.6 Å². The van der Waals surface area contributed by atoms with E-state index in [4.69, 9.17) is 5.73 Å². The van der Waals surface area contributed by atoms with Crippen molar-refractivity contribution in [2.45, 2.75) is 45.6 Å². The van der Waals surface area contributed by atoms with Crippen molar-refractivity contribution in [2.24, 2.45) is 11.7 Å². The number of rotatable bonds is 6. The van der Waals surface area contributed by atoms with Crippen molar-refractivity contribution in [3.8, 4) is 0 Å². The molecule has 4 heteroatoms. The molecule has 0 saturated heterocycles. The lowest BCUT2D eigenvalue weighted by molar-refractivity contribution is 0.265. The van der Waals surface area contributed by atoms with Crippen LogP contribution >= 0.6 is 0 Å².